The normalized spacial score (nSPS) is 19.5. The van der Waals surface area contributed by atoms with Crippen LogP contribution >= 0.6 is 11.8 Å². The number of hydrogen-bond donors (Lipinski definition) is 1. The summed E-state index contributed by atoms with van der Waals surface area (Å²) in [6, 6.07) is 8.99. The Hall–Kier alpha value is -1.51. The zero-order chi connectivity index (χ0) is 15.5. The van der Waals surface area contributed by atoms with Gasteiger partial charge in [-0.25, -0.2) is 0 Å². The van der Waals surface area contributed by atoms with Crippen LogP contribution in [0.15, 0.2) is 24.3 Å². The molecule has 1 N–H and O–H groups in total. The molecule has 5 heteroatoms. The number of rotatable bonds is 3. The molecule has 1 aliphatic heterocycles. The molecule has 2 rings (SSSR count). The average Bonchev–Trinajstić information content (AvgIpc) is 2.46. The summed E-state index contributed by atoms with van der Waals surface area (Å²) in [5, 5.41) is 11.9. The van der Waals surface area contributed by atoms with Crippen molar-refractivity contribution in [3.63, 3.8) is 0 Å². The standard InChI is InChI=1S/C16H21N3OS/c1-12(19-8-9-21-16(2,3)11-19)15(20)18-14-7-5-4-6-13(14)10-17/h4-7,12H,8-9,11H2,1-3H3,(H,18,20). The van der Waals surface area contributed by atoms with Crippen LogP contribution < -0.4 is 5.32 Å². The largest absolute Gasteiger partial charge is 0.324 e. The highest BCUT2D eigenvalue weighted by Crippen LogP contribution is 2.30. The molecule has 21 heavy (non-hydrogen) atoms. The number of hydrogen-bond acceptors (Lipinski definition) is 4. The molecule has 0 spiro atoms. The van der Waals surface area contributed by atoms with Crippen LogP contribution in [0.4, 0.5) is 5.69 Å². The molecular formula is C16H21N3OS. The Morgan fingerprint density at radius 2 is 2.19 bits per heavy atom. The fourth-order valence-corrected chi connectivity index (χ4v) is 3.61. The monoisotopic (exact) mass is 303 g/mol. The third-order valence-corrected chi connectivity index (χ3v) is 4.98. The Morgan fingerprint density at radius 1 is 1.48 bits per heavy atom. The number of nitrogens with one attached hydrogen (secondary N) is 1. The Labute approximate surface area is 130 Å². The van der Waals surface area contributed by atoms with Crippen molar-refractivity contribution >= 4 is 23.4 Å². The van der Waals surface area contributed by atoms with E-state index in [2.05, 4.69) is 30.1 Å². The van der Waals surface area contributed by atoms with E-state index in [-0.39, 0.29) is 16.7 Å². The Bertz CT molecular complexity index is 565. The van der Waals surface area contributed by atoms with Gasteiger partial charge in [-0.2, -0.15) is 17.0 Å². The molecular weight excluding hydrogens is 282 g/mol. The van der Waals surface area contributed by atoms with Crippen molar-refractivity contribution < 1.29 is 4.79 Å². The van der Waals surface area contributed by atoms with Crippen LogP contribution in [0.1, 0.15) is 26.3 Å². The molecule has 112 valence electrons. The predicted octanol–water partition coefficient (Wildman–Crippen LogP) is 2.71. The third kappa shape index (κ3) is 3.99. The van der Waals surface area contributed by atoms with Gasteiger partial charge in [0.1, 0.15) is 6.07 Å². The van der Waals surface area contributed by atoms with Crippen LogP contribution in [0.3, 0.4) is 0 Å². The Balaban J connectivity index is 2.05. The van der Waals surface area contributed by atoms with Crippen LogP contribution in [0.25, 0.3) is 0 Å². The first-order valence-corrected chi connectivity index (χ1v) is 8.09. The number of para-hydroxylation sites is 1. The average molecular weight is 303 g/mol. The van der Waals surface area contributed by atoms with Crippen molar-refractivity contribution in [1.29, 1.82) is 5.26 Å². The number of anilines is 1. The van der Waals surface area contributed by atoms with Crippen LogP contribution in [0.5, 0.6) is 0 Å². The maximum absolute atomic E-state index is 12.4. The molecule has 1 aromatic rings. The number of carbonyl (C=O) groups is 1. The Kier molecular flexibility index (Phi) is 4.92. The SMILES string of the molecule is CC(C(=O)Nc1ccccc1C#N)N1CCSC(C)(C)C1. The minimum Gasteiger partial charge on any atom is -0.324 e. The number of benzene rings is 1. The van der Waals surface area contributed by atoms with Crippen molar-refractivity contribution in [2.75, 3.05) is 24.2 Å². The second-order valence-electron chi connectivity index (χ2n) is 5.90. The van der Waals surface area contributed by atoms with E-state index in [0.717, 1.165) is 18.8 Å². The smallest absolute Gasteiger partial charge is 0.241 e. The lowest BCUT2D eigenvalue weighted by atomic mass is 10.1. The summed E-state index contributed by atoms with van der Waals surface area (Å²) in [6.07, 6.45) is 0. The highest BCUT2D eigenvalue weighted by atomic mass is 32.2. The number of thioether (sulfide) groups is 1. The van der Waals surface area contributed by atoms with E-state index in [0.29, 0.717) is 11.3 Å². The van der Waals surface area contributed by atoms with Crippen molar-refractivity contribution in [3.8, 4) is 6.07 Å². The van der Waals surface area contributed by atoms with E-state index >= 15 is 0 Å². The predicted molar refractivity (Wildman–Crippen MR) is 87.4 cm³/mol. The van der Waals surface area contributed by atoms with Gasteiger partial charge in [0.25, 0.3) is 0 Å². The molecule has 1 aromatic carbocycles. The van der Waals surface area contributed by atoms with Crippen LogP contribution in [-0.2, 0) is 4.79 Å². The lowest BCUT2D eigenvalue weighted by molar-refractivity contribution is -0.120. The summed E-state index contributed by atoms with van der Waals surface area (Å²) in [5.41, 5.74) is 1.08. The molecule has 4 nitrogen and oxygen atoms in total. The first-order valence-electron chi connectivity index (χ1n) is 7.11. The van der Waals surface area contributed by atoms with Gasteiger partial charge in [0, 0.05) is 23.6 Å². The first kappa shape index (κ1) is 15.9. The van der Waals surface area contributed by atoms with Gasteiger partial charge < -0.3 is 5.32 Å². The van der Waals surface area contributed by atoms with Crippen molar-refractivity contribution in [1.82, 2.24) is 4.90 Å². The maximum atomic E-state index is 12.4. The van der Waals surface area contributed by atoms with Gasteiger partial charge in [0.05, 0.1) is 17.3 Å². The van der Waals surface area contributed by atoms with E-state index in [4.69, 9.17) is 5.26 Å². The maximum Gasteiger partial charge on any atom is 0.241 e. The van der Waals surface area contributed by atoms with Gasteiger partial charge in [-0.15, -0.1) is 0 Å². The van der Waals surface area contributed by atoms with E-state index < -0.39 is 0 Å². The zero-order valence-corrected chi connectivity index (χ0v) is 13.5. The summed E-state index contributed by atoms with van der Waals surface area (Å²) in [6.45, 7) is 8.16. The summed E-state index contributed by atoms with van der Waals surface area (Å²) in [7, 11) is 0. The molecule has 0 saturated carbocycles. The van der Waals surface area contributed by atoms with Crippen LogP contribution in [-0.4, -0.2) is 40.4 Å². The van der Waals surface area contributed by atoms with Gasteiger partial charge in [0.2, 0.25) is 5.91 Å². The van der Waals surface area contributed by atoms with Crippen molar-refractivity contribution in [2.24, 2.45) is 0 Å². The highest BCUT2D eigenvalue weighted by Gasteiger charge is 2.32. The molecule has 1 fully saturated rings. The third-order valence-electron chi connectivity index (χ3n) is 3.69. The Morgan fingerprint density at radius 3 is 2.86 bits per heavy atom. The molecule has 0 aliphatic carbocycles. The number of amides is 1. The summed E-state index contributed by atoms with van der Waals surface area (Å²) in [4.78, 5) is 14.6. The molecule has 0 radical (unpaired) electrons. The fourth-order valence-electron chi connectivity index (χ4n) is 2.48. The second-order valence-corrected chi connectivity index (χ2v) is 7.70. The number of carbonyl (C=O) groups excluding carboxylic acids is 1. The minimum atomic E-state index is -0.197. The molecule has 1 aliphatic rings. The van der Waals surface area contributed by atoms with E-state index in [9.17, 15) is 4.79 Å². The van der Waals surface area contributed by atoms with E-state index in [1.165, 1.54) is 0 Å². The molecule has 0 bridgehead atoms. The van der Waals surface area contributed by atoms with Crippen molar-refractivity contribution in [2.45, 2.75) is 31.6 Å². The quantitative estimate of drug-likeness (QED) is 0.933. The topological polar surface area (TPSA) is 56.1 Å². The van der Waals surface area contributed by atoms with Gasteiger partial charge in [-0.3, -0.25) is 9.69 Å². The molecule has 1 unspecified atom stereocenters. The van der Waals surface area contributed by atoms with Gasteiger partial charge in [0.15, 0.2) is 0 Å². The van der Waals surface area contributed by atoms with Gasteiger partial charge in [-0.1, -0.05) is 12.1 Å². The lowest BCUT2D eigenvalue weighted by Crippen LogP contribution is -2.51. The summed E-state index contributed by atoms with van der Waals surface area (Å²) in [5.74, 6) is 0.986. The molecule has 1 heterocycles. The lowest BCUT2D eigenvalue weighted by Gasteiger charge is -2.40. The molecule has 1 amide bonds. The molecule has 1 atom stereocenters. The fraction of sp³-hybridized carbons (Fsp3) is 0.500. The van der Waals surface area contributed by atoms with Crippen LogP contribution in [0, 0.1) is 11.3 Å². The van der Waals surface area contributed by atoms with Crippen LogP contribution in [0.2, 0.25) is 0 Å². The summed E-state index contributed by atoms with van der Waals surface area (Å²) < 4.78 is 0.178. The molecule has 0 aromatic heterocycles. The zero-order valence-electron chi connectivity index (χ0n) is 12.7. The number of nitriles is 1. The first-order chi connectivity index (χ1) is 9.93. The highest BCUT2D eigenvalue weighted by molar-refractivity contribution is 8.00. The van der Waals surface area contributed by atoms with Gasteiger partial charge in [-0.05, 0) is 32.9 Å². The van der Waals surface area contributed by atoms with Gasteiger partial charge >= 0.3 is 0 Å². The second kappa shape index (κ2) is 6.50. The van der Waals surface area contributed by atoms with Crippen molar-refractivity contribution in [3.05, 3.63) is 29.8 Å². The molecule has 1 saturated heterocycles. The summed E-state index contributed by atoms with van der Waals surface area (Å²) >= 11 is 1.95. The van der Waals surface area contributed by atoms with E-state index in [1.807, 2.05) is 24.8 Å². The number of nitrogens with zero attached hydrogens (tertiary/aromatic N) is 2. The minimum absolute atomic E-state index is 0.0552. The van der Waals surface area contributed by atoms with E-state index in [1.54, 1.807) is 18.2 Å².